The molecule has 0 aliphatic rings. The molecule has 2 amide bonds. The van der Waals surface area contributed by atoms with E-state index >= 15 is 0 Å². The minimum Gasteiger partial charge on any atom is -0.481 e. The van der Waals surface area contributed by atoms with Crippen LogP contribution in [0.1, 0.15) is 121 Å². The third-order valence-electron chi connectivity index (χ3n) is 15.5. The number of nitrogens with zero attached hydrogens (tertiary/aromatic N) is 2. The first-order valence-electron chi connectivity index (χ1n) is 38.7. The number of carbonyl (C=O) groups excluding carboxylic acids is 5. The Morgan fingerprint density at radius 2 is 0.728 bits per heavy atom. The Morgan fingerprint density at radius 3 is 1.04 bits per heavy atom. The van der Waals surface area contributed by atoms with Crippen molar-refractivity contribution in [3.05, 3.63) is 170 Å². The van der Waals surface area contributed by atoms with Gasteiger partial charge in [-0.25, -0.2) is 16.8 Å². The number of nitrogens with two attached hydrogens (primary N) is 12. The lowest BCUT2D eigenvalue weighted by Gasteiger charge is -2.18. The van der Waals surface area contributed by atoms with Gasteiger partial charge in [0.1, 0.15) is 19.0 Å². The average Bonchev–Trinajstić information content (AvgIpc) is 0.781. The van der Waals surface area contributed by atoms with Crippen molar-refractivity contribution in [2.45, 2.75) is 133 Å². The van der Waals surface area contributed by atoms with Crippen molar-refractivity contribution in [1.29, 1.82) is 0 Å². The van der Waals surface area contributed by atoms with Crippen LogP contribution in [0.5, 0.6) is 0 Å². The predicted octanol–water partition coefficient (Wildman–Crippen LogP) is 6.25. The van der Waals surface area contributed by atoms with Gasteiger partial charge in [-0.1, -0.05) is 149 Å². The Morgan fingerprint density at radius 1 is 0.412 bits per heavy atom. The lowest BCUT2D eigenvalue weighted by Crippen LogP contribution is -2.27. The maximum atomic E-state index is 13.5. The van der Waals surface area contributed by atoms with Crippen LogP contribution < -0.4 is 89.2 Å². The van der Waals surface area contributed by atoms with E-state index in [2.05, 4.69) is 23.8 Å². The van der Waals surface area contributed by atoms with Crippen LogP contribution in [0.3, 0.4) is 0 Å². The number of carbonyl (C=O) groups is 6. The van der Waals surface area contributed by atoms with E-state index in [1.165, 1.54) is 24.5 Å². The molecule has 31 heteroatoms. The number of hydrogen-bond donors (Lipinski definition) is 15. The van der Waals surface area contributed by atoms with Crippen molar-refractivity contribution in [1.82, 2.24) is 10.6 Å². The number of nitrogens with one attached hydrogen (secondary N) is 2. The normalized spacial score (nSPS) is 10.7. The van der Waals surface area contributed by atoms with Crippen LogP contribution in [0.25, 0.3) is 21.5 Å². The molecule has 0 saturated heterocycles. The van der Waals surface area contributed by atoms with Crippen molar-refractivity contribution >= 4 is 88.1 Å². The fraction of sp³-hybridized carbons (Fsp3) is 0.494. The zero-order chi connectivity index (χ0) is 87.0. The molecule has 0 unspecified atom stereocenters. The summed E-state index contributed by atoms with van der Waals surface area (Å²) in [7, 11) is 0.457. The van der Waals surface area contributed by atoms with Crippen LogP contribution in [0.2, 0.25) is 0 Å². The number of rotatable bonds is 41. The third-order valence-corrected chi connectivity index (χ3v) is 18.3. The number of benzene rings is 6. The van der Waals surface area contributed by atoms with Crippen molar-refractivity contribution in [2.24, 2.45) is 80.6 Å². The van der Waals surface area contributed by atoms with Gasteiger partial charge in [-0.3, -0.25) is 28.8 Å². The Bertz CT molecular complexity index is 3700. The quantitative estimate of drug-likeness (QED) is 0.0114. The zero-order valence-electron chi connectivity index (χ0n) is 69.0. The highest BCUT2D eigenvalue weighted by atomic mass is 32.2. The molecule has 0 aliphatic carbocycles. The van der Waals surface area contributed by atoms with E-state index in [4.69, 9.17) is 78.3 Å². The number of Topliss-reactive ketones (excluding diaryl/α,β-unsaturated/α-hetero) is 1. The monoisotopic (exact) mass is 1640 g/mol. The first-order chi connectivity index (χ1) is 54.5. The number of unbranched alkanes of at least 4 members (excludes halogenated alkanes) is 4. The van der Waals surface area contributed by atoms with Crippen LogP contribution in [-0.4, -0.2) is 189 Å². The van der Waals surface area contributed by atoms with E-state index in [1.54, 1.807) is 30.3 Å². The molecule has 6 aromatic rings. The minimum absolute atomic E-state index is 0.0662. The molecule has 6 rings (SSSR count). The highest BCUT2D eigenvalue weighted by molar-refractivity contribution is 7.92. The van der Waals surface area contributed by atoms with Gasteiger partial charge in [0.05, 0.1) is 28.6 Å². The van der Waals surface area contributed by atoms with Gasteiger partial charge < -0.3 is 104 Å². The molecular formula is C83H142N16O13S2. The van der Waals surface area contributed by atoms with Gasteiger partial charge in [0.2, 0.25) is 11.8 Å². The number of carboxylic acids is 1. The molecule has 0 aromatic heterocycles. The minimum atomic E-state index is -4.00. The molecule has 0 bridgehead atoms. The van der Waals surface area contributed by atoms with E-state index in [0.717, 1.165) is 149 Å². The van der Waals surface area contributed by atoms with Crippen LogP contribution in [0.4, 0.5) is 11.4 Å². The molecule has 0 fully saturated rings. The summed E-state index contributed by atoms with van der Waals surface area (Å²) in [6.45, 7) is 20.4. The largest absolute Gasteiger partial charge is 0.481 e. The summed E-state index contributed by atoms with van der Waals surface area (Å²) >= 11 is 0. The van der Waals surface area contributed by atoms with Crippen LogP contribution in [0.15, 0.2) is 169 Å². The second-order valence-corrected chi connectivity index (χ2v) is 29.3. The summed E-state index contributed by atoms with van der Waals surface area (Å²) in [6.07, 6.45) is 13.3. The van der Waals surface area contributed by atoms with E-state index in [1.807, 2.05) is 149 Å². The fourth-order valence-corrected chi connectivity index (χ4v) is 12.0. The van der Waals surface area contributed by atoms with Gasteiger partial charge in [0.15, 0.2) is 25.5 Å². The van der Waals surface area contributed by atoms with Crippen molar-refractivity contribution in [3.8, 4) is 0 Å². The van der Waals surface area contributed by atoms with Gasteiger partial charge in [-0.2, -0.15) is 0 Å². The van der Waals surface area contributed by atoms with E-state index < -0.39 is 61.0 Å². The number of fused-ring (bicyclic) bond motifs is 2. The first-order valence-corrected chi connectivity index (χ1v) is 42.3. The molecular weight excluding hydrogens is 1490 g/mol. The maximum absolute atomic E-state index is 13.5. The van der Waals surface area contributed by atoms with Gasteiger partial charge >= 0.3 is 17.9 Å². The van der Waals surface area contributed by atoms with E-state index in [0.29, 0.717) is 75.0 Å². The third kappa shape index (κ3) is 55.8. The molecule has 114 heavy (non-hydrogen) atoms. The Hall–Kier alpha value is -8.64. The maximum Gasteiger partial charge on any atom is 0.307 e. The molecule has 2 atom stereocenters. The SMILES string of the molecule is C=CC(=O)NCCCC[C@H](CC(=O)OCc1ccccc1)C(=O)CS(=O)(=O)c1cccc2c(N(C)C)cccc12.C=CC(=O)NCCCC[C@H](CC(=O)OCc1ccccc1)C(=O)O.CC.CN(C)c1cccc2c(S(C)(=O)=O)cccc12.NCCCCN.NCCCCN.NCCCN.NCCCN.NCCCN.NCCN. The number of ether oxygens (including phenoxy) is 2. The fourth-order valence-electron chi connectivity index (χ4n) is 9.50. The topological polar surface area (TPSA) is 552 Å². The smallest absolute Gasteiger partial charge is 0.307 e. The van der Waals surface area contributed by atoms with Crippen molar-refractivity contribution in [2.75, 3.05) is 142 Å². The number of anilines is 2. The Balaban J connectivity index is -0.000000692. The number of ketones is 1. The standard InChI is InChI=1S/C31H36N2O6S.C18H23NO5.C13H15NO2S.2C4H12N2.3C3H10N2.C2H8N2.C2H6/c1-4-30(35)32-19-9-8-14-24(20-31(36)39-21-23-12-6-5-7-13-23)28(34)22-40(37,38)29-18-11-15-25-26(29)16-10-17-27(25)33(2)3;1-2-16(20)19-11-7-6-10-15(18(22)23)12-17(21)24-13-14-8-4-3-5-9-14;1-14(2)12-8-4-7-11-10(12)6-5-9-13(11)17(3,15)16;2*5-3-1-2-4-6;3*4-2-1-3-5;3-1-2-4;1-2/h4-7,10-13,15-18,24H,1,8-9,14,19-22H2,2-3H3,(H,32,35);2-5,8-9,15H,1,6-7,10-13H2,(H,19,20)(H,22,23);4-9H,1-3H3;2*1-6H2;3*1-5H2;1-4H2;1-2H3/t24-;15-;;;;;;;;/m11......../s1. The van der Waals surface area contributed by atoms with Crippen molar-refractivity contribution < 1.29 is 60.2 Å². The highest BCUT2D eigenvalue weighted by Gasteiger charge is 2.30. The molecule has 6 aromatic carbocycles. The van der Waals surface area contributed by atoms with Gasteiger partial charge in [-0.05, 0) is 184 Å². The molecule has 0 aliphatic heterocycles. The van der Waals surface area contributed by atoms with Crippen LogP contribution in [0, 0.1) is 11.8 Å². The lowest BCUT2D eigenvalue weighted by molar-refractivity contribution is -0.152. The number of hydrogen-bond acceptors (Lipinski definition) is 26. The summed E-state index contributed by atoms with van der Waals surface area (Å²) in [5.41, 5.74) is 64.4. The lowest BCUT2D eigenvalue weighted by atomic mass is 9.94. The van der Waals surface area contributed by atoms with Crippen molar-refractivity contribution in [3.63, 3.8) is 0 Å². The average molecular weight is 1640 g/mol. The zero-order valence-corrected chi connectivity index (χ0v) is 70.7. The molecule has 0 saturated carbocycles. The molecule has 27 N–H and O–H groups in total. The van der Waals surface area contributed by atoms with Crippen LogP contribution in [-0.2, 0) is 71.1 Å². The number of carboxylic acid groups (broad SMARTS) is 1. The predicted molar refractivity (Wildman–Crippen MR) is 469 cm³/mol. The Labute approximate surface area is 680 Å². The molecule has 0 spiro atoms. The number of aliphatic carboxylic acids is 1. The molecule has 29 nitrogen and oxygen atoms in total. The molecule has 0 radical (unpaired) electrons. The highest BCUT2D eigenvalue weighted by Crippen LogP contribution is 2.32. The van der Waals surface area contributed by atoms with Gasteiger partial charge in [0.25, 0.3) is 0 Å². The summed E-state index contributed by atoms with van der Waals surface area (Å²) in [5.74, 6) is -5.52. The number of esters is 2. The van der Waals surface area contributed by atoms with E-state index in [-0.39, 0.29) is 42.8 Å². The first kappa shape index (κ1) is 112. The second-order valence-electron chi connectivity index (χ2n) is 25.4. The van der Waals surface area contributed by atoms with Gasteiger partial charge in [0, 0.05) is 99.5 Å². The van der Waals surface area contributed by atoms with E-state index in [9.17, 15) is 50.7 Å². The molecule has 0 heterocycles. The summed E-state index contributed by atoms with van der Waals surface area (Å²) < 4.78 is 60.9. The Kier molecular flexibility index (Phi) is 71.8. The van der Waals surface area contributed by atoms with Gasteiger partial charge in [-0.15, -0.1) is 0 Å². The molecule has 644 valence electrons. The summed E-state index contributed by atoms with van der Waals surface area (Å²) in [6, 6.07) is 39.9. The number of amides is 2. The summed E-state index contributed by atoms with van der Waals surface area (Å²) in [4.78, 5) is 75.8. The second kappa shape index (κ2) is 73.3. The summed E-state index contributed by atoms with van der Waals surface area (Å²) in [5, 5.41) is 17.5. The van der Waals surface area contributed by atoms with Crippen LogP contribution >= 0.6 is 0 Å². The number of sulfone groups is 2.